The third-order valence-corrected chi connectivity index (χ3v) is 5.22. The zero-order chi connectivity index (χ0) is 13.1. The molecule has 0 aromatic heterocycles. The molecule has 0 aliphatic heterocycles. The van der Waals surface area contributed by atoms with Crippen molar-refractivity contribution in [2.45, 2.75) is 59.5 Å². The SMILES string of the molecule is CCNCCO[SiH](NC(C)CC)NC(C)CC. The molecule has 0 aliphatic carbocycles. The second-order valence-corrected chi connectivity index (χ2v) is 6.32. The minimum absolute atomic E-state index is 0.530. The summed E-state index contributed by atoms with van der Waals surface area (Å²) in [5.74, 6) is 0. The molecule has 0 aromatic carbocycles. The molecule has 0 bridgehead atoms. The molecule has 104 valence electrons. The summed E-state index contributed by atoms with van der Waals surface area (Å²) < 4.78 is 5.94. The predicted molar refractivity (Wildman–Crippen MR) is 77.4 cm³/mol. The normalized spacial score (nSPS) is 16.8. The highest BCUT2D eigenvalue weighted by Gasteiger charge is 2.16. The monoisotopic (exact) mass is 261 g/mol. The van der Waals surface area contributed by atoms with Crippen LogP contribution in [0.25, 0.3) is 0 Å². The van der Waals surface area contributed by atoms with Crippen LogP contribution in [-0.4, -0.2) is 41.1 Å². The van der Waals surface area contributed by atoms with E-state index in [4.69, 9.17) is 4.43 Å². The van der Waals surface area contributed by atoms with E-state index in [0.29, 0.717) is 12.1 Å². The summed E-state index contributed by atoms with van der Waals surface area (Å²) in [5, 5.41) is 3.28. The Balaban J connectivity index is 3.92. The molecule has 0 amide bonds. The molecule has 0 spiro atoms. The Hall–Kier alpha value is 0.0569. The molecule has 2 unspecified atom stereocenters. The predicted octanol–water partition coefficient (Wildman–Crippen LogP) is 1.11. The number of rotatable bonds is 11. The van der Waals surface area contributed by atoms with Crippen LogP contribution >= 0.6 is 0 Å². The standard InChI is InChI=1S/C12H31N3OSi/c1-6-11(4)14-17(15-12(5)7-2)16-10-9-13-8-3/h11-15,17H,6-10H2,1-5H3. The van der Waals surface area contributed by atoms with Gasteiger partial charge in [-0.25, -0.2) is 0 Å². The fraction of sp³-hybridized carbons (Fsp3) is 1.00. The Kier molecular flexibility index (Phi) is 11.2. The van der Waals surface area contributed by atoms with Crippen LogP contribution in [0.3, 0.4) is 0 Å². The molecule has 0 heterocycles. The average molecular weight is 261 g/mol. The van der Waals surface area contributed by atoms with Crippen molar-refractivity contribution in [2.24, 2.45) is 0 Å². The lowest BCUT2D eigenvalue weighted by atomic mass is 10.3. The van der Waals surface area contributed by atoms with Gasteiger partial charge in [0.2, 0.25) is 0 Å². The van der Waals surface area contributed by atoms with Crippen LogP contribution in [0.2, 0.25) is 0 Å². The van der Waals surface area contributed by atoms with E-state index in [9.17, 15) is 0 Å². The van der Waals surface area contributed by atoms with Crippen LogP contribution in [0.15, 0.2) is 0 Å². The summed E-state index contributed by atoms with van der Waals surface area (Å²) in [5.41, 5.74) is 0. The first-order chi connectivity index (χ1) is 8.13. The summed E-state index contributed by atoms with van der Waals surface area (Å²) >= 11 is 0. The van der Waals surface area contributed by atoms with Gasteiger partial charge in [0.15, 0.2) is 0 Å². The number of likely N-dealkylation sites (N-methyl/N-ethyl adjacent to an activating group) is 1. The third-order valence-electron chi connectivity index (χ3n) is 2.91. The van der Waals surface area contributed by atoms with Gasteiger partial charge in [0, 0.05) is 25.2 Å². The molecule has 0 rings (SSSR count). The second kappa shape index (κ2) is 11.2. The maximum Gasteiger partial charge on any atom is 0.335 e. The molecule has 5 heteroatoms. The van der Waals surface area contributed by atoms with E-state index in [1.807, 2.05) is 0 Å². The van der Waals surface area contributed by atoms with E-state index in [-0.39, 0.29) is 0 Å². The van der Waals surface area contributed by atoms with Crippen LogP contribution in [0.5, 0.6) is 0 Å². The lowest BCUT2D eigenvalue weighted by Crippen LogP contribution is -2.56. The molecule has 0 fully saturated rings. The Morgan fingerprint density at radius 2 is 1.53 bits per heavy atom. The van der Waals surface area contributed by atoms with Crippen LogP contribution in [0.4, 0.5) is 0 Å². The van der Waals surface area contributed by atoms with Gasteiger partial charge in [0.05, 0.1) is 0 Å². The minimum Gasteiger partial charge on any atom is -0.393 e. The summed E-state index contributed by atoms with van der Waals surface area (Å²) in [4.78, 5) is 7.17. The summed E-state index contributed by atoms with van der Waals surface area (Å²) in [6.07, 6.45) is 2.28. The van der Waals surface area contributed by atoms with Crippen molar-refractivity contribution in [3.05, 3.63) is 0 Å². The van der Waals surface area contributed by atoms with Crippen molar-refractivity contribution in [2.75, 3.05) is 19.7 Å². The Labute approximate surface area is 109 Å². The second-order valence-electron chi connectivity index (χ2n) is 4.56. The quantitative estimate of drug-likeness (QED) is 0.385. The maximum atomic E-state index is 5.94. The van der Waals surface area contributed by atoms with E-state index in [0.717, 1.165) is 32.5 Å². The fourth-order valence-corrected chi connectivity index (χ4v) is 3.47. The molecule has 0 saturated carbocycles. The van der Waals surface area contributed by atoms with Crippen molar-refractivity contribution in [3.63, 3.8) is 0 Å². The van der Waals surface area contributed by atoms with Gasteiger partial charge < -0.3 is 19.7 Å². The highest BCUT2D eigenvalue weighted by molar-refractivity contribution is 6.46. The molecular weight excluding hydrogens is 230 g/mol. The Bertz CT molecular complexity index is 160. The molecule has 0 aliphatic rings. The van der Waals surface area contributed by atoms with E-state index in [1.165, 1.54) is 0 Å². The molecule has 2 atom stereocenters. The summed E-state index contributed by atoms with van der Waals surface area (Å²) in [6.45, 7) is 13.7. The third kappa shape index (κ3) is 9.73. The van der Waals surface area contributed by atoms with Crippen LogP contribution in [-0.2, 0) is 4.43 Å². The van der Waals surface area contributed by atoms with Crippen LogP contribution in [0, 0.1) is 0 Å². The summed E-state index contributed by atoms with van der Waals surface area (Å²) in [6, 6.07) is 1.06. The fourth-order valence-electron chi connectivity index (χ4n) is 1.32. The van der Waals surface area contributed by atoms with Crippen molar-refractivity contribution in [1.82, 2.24) is 15.3 Å². The first-order valence-electron chi connectivity index (χ1n) is 6.98. The Morgan fingerprint density at radius 1 is 1.00 bits per heavy atom. The largest absolute Gasteiger partial charge is 0.393 e. The molecule has 3 N–H and O–H groups in total. The minimum atomic E-state index is -1.47. The van der Waals surface area contributed by atoms with Gasteiger partial charge in [-0.05, 0) is 19.4 Å². The van der Waals surface area contributed by atoms with Crippen molar-refractivity contribution in [1.29, 1.82) is 0 Å². The number of nitrogens with one attached hydrogen (secondary N) is 3. The molecule has 17 heavy (non-hydrogen) atoms. The summed E-state index contributed by atoms with van der Waals surface area (Å²) in [7, 11) is -1.47. The molecule has 0 saturated heterocycles. The maximum absolute atomic E-state index is 5.94. The van der Waals surface area contributed by atoms with Crippen molar-refractivity contribution >= 4 is 9.36 Å². The number of hydrogen-bond donors (Lipinski definition) is 3. The van der Waals surface area contributed by atoms with Gasteiger partial charge in [0.1, 0.15) is 0 Å². The molecule has 0 aromatic rings. The highest BCUT2D eigenvalue weighted by Crippen LogP contribution is 1.93. The van der Waals surface area contributed by atoms with Gasteiger partial charge in [0.25, 0.3) is 0 Å². The van der Waals surface area contributed by atoms with E-state index < -0.39 is 9.36 Å². The van der Waals surface area contributed by atoms with Gasteiger partial charge >= 0.3 is 9.36 Å². The van der Waals surface area contributed by atoms with Gasteiger partial charge in [-0.1, -0.05) is 34.6 Å². The van der Waals surface area contributed by atoms with Crippen LogP contribution < -0.4 is 15.3 Å². The lowest BCUT2D eigenvalue weighted by Gasteiger charge is -2.25. The number of hydrogen-bond acceptors (Lipinski definition) is 4. The average Bonchev–Trinajstić information content (AvgIpc) is 2.33. The first kappa shape index (κ1) is 17.1. The Morgan fingerprint density at radius 3 is 1.94 bits per heavy atom. The van der Waals surface area contributed by atoms with E-state index in [2.05, 4.69) is 49.9 Å². The van der Waals surface area contributed by atoms with E-state index >= 15 is 0 Å². The van der Waals surface area contributed by atoms with Crippen molar-refractivity contribution in [3.8, 4) is 0 Å². The molecule has 4 nitrogen and oxygen atoms in total. The van der Waals surface area contributed by atoms with Crippen LogP contribution in [0.1, 0.15) is 47.5 Å². The van der Waals surface area contributed by atoms with Crippen molar-refractivity contribution < 1.29 is 4.43 Å². The topological polar surface area (TPSA) is 45.3 Å². The smallest absolute Gasteiger partial charge is 0.335 e. The van der Waals surface area contributed by atoms with Gasteiger partial charge in [-0.3, -0.25) is 0 Å². The highest BCUT2D eigenvalue weighted by atomic mass is 28.3. The van der Waals surface area contributed by atoms with Gasteiger partial charge in [-0.15, -0.1) is 0 Å². The first-order valence-corrected chi connectivity index (χ1v) is 8.60. The van der Waals surface area contributed by atoms with Gasteiger partial charge in [-0.2, -0.15) is 0 Å². The molecular formula is C12H31N3OSi. The molecule has 0 radical (unpaired) electrons. The zero-order valence-electron chi connectivity index (χ0n) is 12.2. The lowest BCUT2D eigenvalue weighted by molar-refractivity contribution is 0.291. The van der Waals surface area contributed by atoms with E-state index in [1.54, 1.807) is 0 Å². The zero-order valence-corrected chi connectivity index (χ0v) is 13.3.